The molecule has 84 valence electrons. The lowest BCUT2D eigenvalue weighted by Crippen LogP contribution is -3.00. The van der Waals surface area contributed by atoms with Crippen LogP contribution in [-0.4, -0.2) is 19.2 Å². The smallest absolute Gasteiger partial charge is 0.122 e. The molecule has 1 heterocycles. The van der Waals surface area contributed by atoms with E-state index in [4.69, 9.17) is 4.74 Å². The highest BCUT2D eigenvalue weighted by atomic mass is 35.5. The summed E-state index contributed by atoms with van der Waals surface area (Å²) in [5.41, 5.74) is 1.23. The number of halogens is 1. The standard InChI is InChI=1S/C12H17NO.ClH/c1-10-4-2-3-5-12(10)14-11-6-8-13-9-7-11;/h2-5,11,13H,6-9H2,1H3;1H/p-1. The number of benzene rings is 1. The number of aryl methyl sites for hydroxylation is 1. The number of ether oxygens (including phenoxy) is 1. The van der Waals surface area contributed by atoms with Crippen molar-refractivity contribution in [3.63, 3.8) is 0 Å². The molecular formula is C12H17ClNO-. The number of piperidine rings is 1. The first-order valence-corrected chi connectivity index (χ1v) is 5.29. The van der Waals surface area contributed by atoms with E-state index in [9.17, 15) is 0 Å². The predicted molar refractivity (Wildman–Crippen MR) is 57.7 cm³/mol. The highest BCUT2D eigenvalue weighted by molar-refractivity contribution is 5.31. The lowest BCUT2D eigenvalue weighted by atomic mass is 10.1. The highest BCUT2D eigenvalue weighted by Gasteiger charge is 2.14. The molecule has 0 unspecified atom stereocenters. The summed E-state index contributed by atoms with van der Waals surface area (Å²) in [5.74, 6) is 1.04. The van der Waals surface area contributed by atoms with E-state index in [1.807, 2.05) is 12.1 Å². The van der Waals surface area contributed by atoms with Gasteiger partial charge >= 0.3 is 0 Å². The van der Waals surface area contributed by atoms with Gasteiger partial charge in [-0.3, -0.25) is 0 Å². The molecule has 0 aliphatic carbocycles. The third-order valence-electron chi connectivity index (χ3n) is 2.67. The average Bonchev–Trinajstić information content (AvgIpc) is 2.23. The molecule has 2 nitrogen and oxygen atoms in total. The highest BCUT2D eigenvalue weighted by Crippen LogP contribution is 2.20. The molecule has 1 aliphatic rings. The Morgan fingerprint density at radius 3 is 2.53 bits per heavy atom. The minimum Gasteiger partial charge on any atom is -1.00 e. The van der Waals surface area contributed by atoms with Gasteiger partial charge in [-0.05, 0) is 44.5 Å². The quantitative estimate of drug-likeness (QED) is 0.708. The molecular weight excluding hydrogens is 210 g/mol. The fraction of sp³-hybridized carbons (Fsp3) is 0.500. The third kappa shape index (κ3) is 3.40. The molecule has 1 N–H and O–H groups in total. The Kier molecular flexibility index (Phi) is 4.92. The van der Waals surface area contributed by atoms with E-state index in [0.29, 0.717) is 6.10 Å². The minimum absolute atomic E-state index is 0. The van der Waals surface area contributed by atoms with Crippen molar-refractivity contribution in [2.75, 3.05) is 13.1 Å². The van der Waals surface area contributed by atoms with Gasteiger partial charge in [-0.25, -0.2) is 0 Å². The van der Waals surface area contributed by atoms with Gasteiger partial charge in [0.05, 0.1) is 0 Å². The van der Waals surface area contributed by atoms with E-state index < -0.39 is 0 Å². The number of hydrogen-bond acceptors (Lipinski definition) is 2. The molecule has 1 saturated heterocycles. The van der Waals surface area contributed by atoms with Crippen molar-refractivity contribution in [1.29, 1.82) is 0 Å². The maximum absolute atomic E-state index is 5.95. The summed E-state index contributed by atoms with van der Waals surface area (Å²) in [4.78, 5) is 0. The van der Waals surface area contributed by atoms with Crippen LogP contribution in [0.15, 0.2) is 24.3 Å². The lowest BCUT2D eigenvalue weighted by Gasteiger charge is -2.24. The van der Waals surface area contributed by atoms with Crippen molar-refractivity contribution in [3.05, 3.63) is 29.8 Å². The first kappa shape index (κ1) is 12.3. The monoisotopic (exact) mass is 226 g/mol. The van der Waals surface area contributed by atoms with Gasteiger partial charge in [0, 0.05) is 0 Å². The molecule has 0 radical (unpaired) electrons. The van der Waals surface area contributed by atoms with Crippen LogP contribution in [0.5, 0.6) is 5.75 Å². The first-order chi connectivity index (χ1) is 6.86. The Hall–Kier alpha value is -0.730. The van der Waals surface area contributed by atoms with Crippen LogP contribution in [0.2, 0.25) is 0 Å². The van der Waals surface area contributed by atoms with Crippen LogP contribution in [0, 0.1) is 6.92 Å². The summed E-state index contributed by atoms with van der Waals surface area (Å²) < 4.78 is 5.95. The van der Waals surface area contributed by atoms with E-state index >= 15 is 0 Å². The minimum atomic E-state index is 0. The molecule has 1 aromatic rings. The van der Waals surface area contributed by atoms with Gasteiger partial charge in [0.25, 0.3) is 0 Å². The van der Waals surface area contributed by atoms with Crippen molar-refractivity contribution in [3.8, 4) is 5.75 Å². The Morgan fingerprint density at radius 1 is 1.20 bits per heavy atom. The molecule has 2 rings (SSSR count). The summed E-state index contributed by atoms with van der Waals surface area (Å²) in [6.45, 7) is 4.25. The molecule has 0 spiro atoms. The van der Waals surface area contributed by atoms with Gasteiger partial charge in [0.2, 0.25) is 0 Å². The zero-order valence-corrected chi connectivity index (χ0v) is 9.76. The van der Waals surface area contributed by atoms with Crippen LogP contribution in [0.1, 0.15) is 18.4 Å². The second kappa shape index (κ2) is 5.99. The number of rotatable bonds is 2. The van der Waals surface area contributed by atoms with Crippen molar-refractivity contribution < 1.29 is 17.1 Å². The zero-order chi connectivity index (χ0) is 9.80. The normalized spacial score (nSPS) is 16.9. The van der Waals surface area contributed by atoms with Crippen LogP contribution in [0.3, 0.4) is 0 Å². The molecule has 0 amide bonds. The van der Waals surface area contributed by atoms with Gasteiger partial charge in [-0.1, -0.05) is 18.2 Å². The topological polar surface area (TPSA) is 21.3 Å². The molecule has 0 atom stereocenters. The predicted octanol–water partition coefficient (Wildman–Crippen LogP) is -0.870. The van der Waals surface area contributed by atoms with Gasteiger partial charge in [0.15, 0.2) is 0 Å². The largest absolute Gasteiger partial charge is 1.00 e. The van der Waals surface area contributed by atoms with Crippen LogP contribution in [-0.2, 0) is 0 Å². The summed E-state index contributed by atoms with van der Waals surface area (Å²) in [6.07, 6.45) is 2.64. The molecule has 15 heavy (non-hydrogen) atoms. The SMILES string of the molecule is Cc1ccccc1OC1CCNCC1.[Cl-]. The van der Waals surface area contributed by atoms with Crippen molar-refractivity contribution >= 4 is 0 Å². The summed E-state index contributed by atoms with van der Waals surface area (Å²) in [5, 5.41) is 3.34. The van der Waals surface area contributed by atoms with E-state index in [1.165, 1.54) is 5.56 Å². The Bertz CT molecular complexity index is 297. The summed E-state index contributed by atoms with van der Waals surface area (Å²) in [6, 6.07) is 8.22. The number of hydrogen-bond donors (Lipinski definition) is 1. The van der Waals surface area contributed by atoms with Crippen LogP contribution in [0.25, 0.3) is 0 Å². The fourth-order valence-electron chi connectivity index (χ4n) is 1.78. The molecule has 1 aromatic carbocycles. The molecule has 0 aromatic heterocycles. The third-order valence-corrected chi connectivity index (χ3v) is 2.67. The van der Waals surface area contributed by atoms with Gasteiger partial charge in [-0.15, -0.1) is 0 Å². The molecule has 0 saturated carbocycles. The van der Waals surface area contributed by atoms with E-state index in [-0.39, 0.29) is 12.4 Å². The average molecular weight is 227 g/mol. The van der Waals surface area contributed by atoms with Gasteiger partial charge in [0.1, 0.15) is 11.9 Å². The molecule has 1 aliphatic heterocycles. The summed E-state index contributed by atoms with van der Waals surface area (Å²) in [7, 11) is 0. The van der Waals surface area contributed by atoms with E-state index in [2.05, 4.69) is 24.4 Å². The number of nitrogens with one attached hydrogen (secondary N) is 1. The Labute approximate surface area is 97.4 Å². The maximum atomic E-state index is 5.95. The second-order valence-corrected chi connectivity index (χ2v) is 3.83. The fourth-order valence-corrected chi connectivity index (χ4v) is 1.78. The molecule has 3 heteroatoms. The maximum Gasteiger partial charge on any atom is 0.122 e. The molecule has 0 bridgehead atoms. The summed E-state index contributed by atoms with van der Waals surface area (Å²) >= 11 is 0. The second-order valence-electron chi connectivity index (χ2n) is 3.83. The molecule has 1 fully saturated rings. The number of para-hydroxylation sites is 1. The van der Waals surface area contributed by atoms with Gasteiger partial charge in [-0.2, -0.15) is 0 Å². The van der Waals surface area contributed by atoms with Crippen molar-refractivity contribution in [1.82, 2.24) is 5.32 Å². The van der Waals surface area contributed by atoms with Crippen LogP contribution in [0.4, 0.5) is 0 Å². The van der Waals surface area contributed by atoms with Crippen molar-refractivity contribution in [2.45, 2.75) is 25.9 Å². The zero-order valence-electron chi connectivity index (χ0n) is 9.00. The Morgan fingerprint density at radius 2 is 1.87 bits per heavy atom. The first-order valence-electron chi connectivity index (χ1n) is 5.29. The van der Waals surface area contributed by atoms with E-state index in [1.54, 1.807) is 0 Å². The Balaban J connectivity index is 0.00000112. The van der Waals surface area contributed by atoms with Crippen molar-refractivity contribution in [2.24, 2.45) is 0 Å². The van der Waals surface area contributed by atoms with Gasteiger partial charge < -0.3 is 22.5 Å². The lowest BCUT2D eigenvalue weighted by molar-refractivity contribution is -0.00000413. The van der Waals surface area contributed by atoms with E-state index in [0.717, 1.165) is 31.7 Å². The van der Waals surface area contributed by atoms with Crippen LogP contribution < -0.4 is 22.5 Å². The van der Waals surface area contributed by atoms with Crippen LogP contribution >= 0.6 is 0 Å².